The van der Waals surface area contributed by atoms with Gasteiger partial charge in [-0.2, -0.15) is 0 Å². The van der Waals surface area contributed by atoms with Crippen molar-refractivity contribution in [2.24, 2.45) is 5.92 Å². The van der Waals surface area contributed by atoms with Crippen LogP contribution < -0.4 is 10.9 Å². The van der Waals surface area contributed by atoms with Gasteiger partial charge in [0.1, 0.15) is 0 Å². The minimum absolute atomic E-state index is 0.153. The van der Waals surface area contributed by atoms with Gasteiger partial charge >= 0.3 is 0 Å². The molecule has 1 aromatic heterocycles. The van der Waals surface area contributed by atoms with Crippen LogP contribution in [0.25, 0.3) is 11.3 Å². The van der Waals surface area contributed by atoms with E-state index in [1.807, 2.05) is 28.8 Å². The molecule has 2 aromatic rings. The molecule has 0 saturated heterocycles. The number of aromatic nitrogens is 1. The SMILES string of the molecule is CC(C)CCn1c(-c2ccccc2)ccc(CNC2CC2)c1=O. The molecule has 3 rings (SSSR count). The summed E-state index contributed by atoms with van der Waals surface area (Å²) in [6.07, 6.45) is 3.49. The highest BCUT2D eigenvalue weighted by molar-refractivity contribution is 5.59. The maximum absolute atomic E-state index is 12.9. The van der Waals surface area contributed by atoms with Gasteiger partial charge in [-0.15, -0.1) is 0 Å². The summed E-state index contributed by atoms with van der Waals surface area (Å²) in [7, 11) is 0. The predicted molar refractivity (Wildman–Crippen MR) is 95.5 cm³/mol. The molecule has 0 bridgehead atoms. The summed E-state index contributed by atoms with van der Waals surface area (Å²) in [6, 6.07) is 14.9. The molecule has 0 unspecified atom stereocenters. The Kier molecular flexibility index (Phi) is 4.97. The second kappa shape index (κ2) is 7.14. The Morgan fingerprint density at radius 1 is 1.13 bits per heavy atom. The third-order valence-electron chi connectivity index (χ3n) is 4.41. The fourth-order valence-corrected chi connectivity index (χ4v) is 2.77. The monoisotopic (exact) mass is 310 g/mol. The van der Waals surface area contributed by atoms with Gasteiger partial charge in [0, 0.05) is 24.7 Å². The van der Waals surface area contributed by atoms with E-state index in [9.17, 15) is 4.79 Å². The molecule has 122 valence electrons. The molecule has 0 amide bonds. The van der Waals surface area contributed by atoms with Crippen molar-refractivity contribution in [3.05, 3.63) is 58.4 Å². The third-order valence-corrected chi connectivity index (χ3v) is 4.41. The molecule has 3 heteroatoms. The molecule has 0 atom stereocenters. The van der Waals surface area contributed by atoms with E-state index >= 15 is 0 Å². The second-order valence-corrected chi connectivity index (χ2v) is 6.90. The molecule has 1 heterocycles. The highest BCUT2D eigenvalue weighted by atomic mass is 16.1. The molecule has 1 saturated carbocycles. The largest absolute Gasteiger partial charge is 0.310 e. The summed E-state index contributed by atoms with van der Waals surface area (Å²) in [4.78, 5) is 12.9. The quantitative estimate of drug-likeness (QED) is 0.843. The third kappa shape index (κ3) is 4.11. The lowest BCUT2D eigenvalue weighted by atomic mass is 10.1. The lowest BCUT2D eigenvalue weighted by Crippen LogP contribution is -2.29. The average Bonchev–Trinajstić information content (AvgIpc) is 3.37. The molecular weight excluding hydrogens is 284 g/mol. The Bertz CT molecular complexity index is 699. The molecule has 0 radical (unpaired) electrons. The van der Waals surface area contributed by atoms with E-state index in [1.54, 1.807) is 0 Å². The normalized spacial score (nSPS) is 14.4. The van der Waals surface area contributed by atoms with Crippen LogP contribution in [0, 0.1) is 5.92 Å². The number of pyridine rings is 1. The number of rotatable bonds is 7. The maximum Gasteiger partial charge on any atom is 0.255 e. The van der Waals surface area contributed by atoms with Crippen LogP contribution in [0.3, 0.4) is 0 Å². The summed E-state index contributed by atoms with van der Waals surface area (Å²) in [5.41, 5.74) is 3.15. The molecule has 1 fully saturated rings. The number of nitrogens with zero attached hydrogens (tertiary/aromatic N) is 1. The smallest absolute Gasteiger partial charge is 0.255 e. The molecule has 0 spiro atoms. The zero-order valence-electron chi connectivity index (χ0n) is 14.1. The summed E-state index contributed by atoms with van der Waals surface area (Å²) >= 11 is 0. The van der Waals surface area contributed by atoms with E-state index in [4.69, 9.17) is 0 Å². The number of benzene rings is 1. The molecule has 1 N–H and O–H groups in total. The second-order valence-electron chi connectivity index (χ2n) is 6.90. The van der Waals surface area contributed by atoms with E-state index in [1.165, 1.54) is 12.8 Å². The zero-order chi connectivity index (χ0) is 16.2. The summed E-state index contributed by atoms with van der Waals surface area (Å²) < 4.78 is 1.96. The number of hydrogen-bond donors (Lipinski definition) is 1. The van der Waals surface area contributed by atoms with Crippen molar-refractivity contribution in [1.29, 1.82) is 0 Å². The van der Waals surface area contributed by atoms with Gasteiger partial charge < -0.3 is 9.88 Å². The van der Waals surface area contributed by atoms with Crippen molar-refractivity contribution in [3.8, 4) is 11.3 Å². The van der Waals surface area contributed by atoms with Gasteiger partial charge in [0.25, 0.3) is 5.56 Å². The zero-order valence-corrected chi connectivity index (χ0v) is 14.1. The summed E-state index contributed by atoms with van der Waals surface area (Å²) in [5, 5.41) is 3.45. The summed E-state index contributed by atoms with van der Waals surface area (Å²) in [6.45, 7) is 5.86. The Labute approximate surface area is 138 Å². The Morgan fingerprint density at radius 3 is 2.52 bits per heavy atom. The standard InChI is InChI=1S/C20H26N2O/c1-15(2)12-13-22-19(16-6-4-3-5-7-16)11-8-17(20(22)23)14-21-18-9-10-18/h3-8,11,15,18,21H,9-10,12-14H2,1-2H3. The van der Waals surface area contributed by atoms with Crippen LogP contribution in [0.15, 0.2) is 47.3 Å². The lowest BCUT2D eigenvalue weighted by molar-refractivity contribution is 0.508. The van der Waals surface area contributed by atoms with Crippen molar-refractivity contribution in [2.45, 2.75) is 52.2 Å². The van der Waals surface area contributed by atoms with E-state index in [-0.39, 0.29) is 5.56 Å². The highest BCUT2D eigenvalue weighted by Gasteiger charge is 2.21. The van der Waals surface area contributed by atoms with Crippen molar-refractivity contribution in [1.82, 2.24) is 9.88 Å². The first kappa shape index (κ1) is 16.0. The van der Waals surface area contributed by atoms with Crippen LogP contribution in [-0.4, -0.2) is 10.6 Å². The van der Waals surface area contributed by atoms with E-state index in [0.717, 1.165) is 29.8 Å². The molecule has 23 heavy (non-hydrogen) atoms. The van der Waals surface area contributed by atoms with Crippen LogP contribution in [0.5, 0.6) is 0 Å². The Balaban J connectivity index is 1.93. The maximum atomic E-state index is 12.9. The fourth-order valence-electron chi connectivity index (χ4n) is 2.77. The fraction of sp³-hybridized carbons (Fsp3) is 0.450. The number of hydrogen-bond acceptors (Lipinski definition) is 2. The molecule has 0 aliphatic heterocycles. The summed E-state index contributed by atoms with van der Waals surface area (Å²) in [5.74, 6) is 0.582. The first-order valence-corrected chi connectivity index (χ1v) is 8.66. The van der Waals surface area contributed by atoms with Gasteiger partial charge in [0.15, 0.2) is 0 Å². The predicted octanol–water partition coefficient (Wildman–Crippen LogP) is 3.81. The van der Waals surface area contributed by atoms with Gasteiger partial charge in [-0.25, -0.2) is 0 Å². The highest BCUT2D eigenvalue weighted by Crippen LogP contribution is 2.21. The van der Waals surface area contributed by atoms with Crippen molar-refractivity contribution < 1.29 is 0 Å². The van der Waals surface area contributed by atoms with Crippen LogP contribution >= 0.6 is 0 Å². The van der Waals surface area contributed by atoms with E-state index in [0.29, 0.717) is 18.5 Å². The van der Waals surface area contributed by atoms with Gasteiger partial charge in [-0.05, 0) is 36.8 Å². The Morgan fingerprint density at radius 2 is 1.87 bits per heavy atom. The van der Waals surface area contributed by atoms with E-state index < -0.39 is 0 Å². The minimum atomic E-state index is 0.153. The molecule has 1 aliphatic rings. The topological polar surface area (TPSA) is 34.0 Å². The van der Waals surface area contributed by atoms with Gasteiger partial charge in [-0.3, -0.25) is 4.79 Å². The Hall–Kier alpha value is -1.87. The number of nitrogens with one attached hydrogen (secondary N) is 1. The van der Waals surface area contributed by atoms with Gasteiger partial charge in [0.05, 0.1) is 5.69 Å². The first-order valence-electron chi connectivity index (χ1n) is 8.66. The lowest BCUT2D eigenvalue weighted by Gasteiger charge is -2.16. The van der Waals surface area contributed by atoms with Crippen LogP contribution in [0.1, 0.15) is 38.7 Å². The molecular formula is C20H26N2O. The van der Waals surface area contributed by atoms with Crippen molar-refractivity contribution in [3.63, 3.8) is 0 Å². The average molecular weight is 310 g/mol. The molecule has 1 aromatic carbocycles. The molecule has 3 nitrogen and oxygen atoms in total. The van der Waals surface area contributed by atoms with Crippen LogP contribution in [0.2, 0.25) is 0 Å². The van der Waals surface area contributed by atoms with Gasteiger partial charge in [-0.1, -0.05) is 50.2 Å². The van der Waals surface area contributed by atoms with E-state index in [2.05, 4.69) is 37.4 Å². The first-order chi connectivity index (χ1) is 11.1. The van der Waals surface area contributed by atoms with Gasteiger partial charge in [0.2, 0.25) is 0 Å². The van der Waals surface area contributed by atoms with Crippen molar-refractivity contribution in [2.75, 3.05) is 0 Å². The van der Waals surface area contributed by atoms with Crippen LogP contribution in [0.4, 0.5) is 0 Å². The minimum Gasteiger partial charge on any atom is -0.310 e. The van der Waals surface area contributed by atoms with Crippen molar-refractivity contribution >= 4 is 0 Å². The molecule has 1 aliphatic carbocycles. The van der Waals surface area contributed by atoms with Crippen LogP contribution in [-0.2, 0) is 13.1 Å².